The fourth-order valence-corrected chi connectivity index (χ4v) is 6.23. The highest BCUT2D eigenvalue weighted by Crippen LogP contribution is 2.32. The van der Waals surface area contributed by atoms with Crippen molar-refractivity contribution in [1.29, 1.82) is 0 Å². The highest BCUT2D eigenvalue weighted by Gasteiger charge is 2.24. The molecule has 1 aliphatic rings. The normalized spacial score (nSPS) is 18.4. The zero-order valence-corrected chi connectivity index (χ0v) is 13.9. The third-order valence-electron chi connectivity index (χ3n) is 3.37. The second-order valence-electron chi connectivity index (χ2n) is 4.86. The molecule has 1 aromatic heterocycles. The van der Waals surface area contributed by atoms with Crippen molar-refractivity contribution in [3.05, 3.63) is 14.7 Å². The van der Waals surface area contributed by atoms with E-state index in [0.29, 0.717) is 15.2 Å². The van der Waals surface area contributed by atoms with E-state index < -0.39 is 10.0 Å². The summed E-state index contributed by atoms with van der Waals surface area (Å²) in [6.07, 6.45) is 6.49. The number of sulfonamides is 1. The van der Waals surface area contributed by atoms with Crippen molar-refractivity contribution in [3.63, 3.8) is 0 Å². The zero-order chi connectivity index (χ0) is 13.9. The van der Waals surface area contributed by atoms with Gasteiger partial charge in [0.15, 0.2) is 0 Å². The first-order chi connectivity index (χ1) is 9.03. The lowest BCUT2D eigenvalue weighted by molar-refractivity contribution is 0.510. The first-order valence-corrected chi connectivity index (χ1v) is 9.63. The molecule has 0 spiro atoms. The van der Waals surface area contributed by atoms with Gasteiger partial charge in [0.25, 0.3) is 0 Å². The highest BCUT2D eigenvalue weighted by atomic mass is 79.9. The van der Waals surface area contributed by atoms with Crippen molar-refractivity contribution in [2.75, 3.05) is 0 Å². The molecule has 2 rings (SSSR count). The maximum atomic E-state index is 12.4. The van der Waals surface area contributed by atoms with Crippen LogP contribution in [0.2, 0.25) is 0 Å². The van der Waals surface area contributed by atoms with Crippen LogP contribution < -0.4 is 10.5 Å². The van der Waals surface area contributed by atoms with Crippen LogP contribution in [0.3, 0.4) is 0 Å². The summed E-state index contributed by atoms with van der Waals surface area (Å²) in [7, 11) is -3.44. The molecule has 108 valence electrons. The van der Waals surface area contributed by atoms with Gasteiger partial charge in [0.05, 0.1) is 3.79 Å². The molecule has 0 saturated heterocycles. The fraction of sp³-hybridized carbons (Fsp3) is 0.667. The first kappa shape index (κ1) is 15.4. The van der Waals surface area contributed by atoms with E-state index in [0.717, 1.165) is 30.6 Å². The van der Waals surface area contributed by atoms with E-state index in [1.165, 1.54) is 24.2 Å². The lowest BCUT2D eigenvalue weighted by atomic mass is 10.1. The molecule has 0 aliphatic heterocycles. The predicted molar refractivity (Wildman–Crippen MR) is 81.7 cm³/mol. The summed E-state index contributed by atoms with van der Waals surface area (Å²) in [5.74, 6) is 0. The molecular formula is C12H19BrN2O2S2. The van der Waals surface area contributed by atoms with Crippen molar-refractivity contribution in [2.24, 2.45) is 5.73 Å². The van der Waals surface area contributed by atoms with Crippen LogP contribution in [-0.4, -0.2) is 14.5 Å². The topological polar surface area (TPSA) is 72.2 Å². The monoisotopic (exact) mass is 366 g/mol. The second kappa shape index (κ2) is 6.67. The van der Waals surface area contributed by atoms with E-state index in [4.69, 9.17) is 5.73 Å². The van der Waals surface area contributed by atoms with Gasteiger partial charge >= 0.3 is 0 Å². The van der Waals surface area contributed by atoms with Gasteiger partial charge in [0, 0.05) is 17.5 Å². The van der Waals surface area contributed by atoms with Gasteiger partial charge < -0.3 is 5.73 Å². The van der Waals surface area contributed by atoms with Crippen molar-refractivity contribution < 1.29 is 8.42 Å². The smallest absolute Gasteiger partial charge is 0.242 e. The summed E-state index contributed by atoms with van der Waals surface area (Å²) < 4.78 is 28.2. The van der Waals surface area contributed by atoms with Crippen LogP contribution >= 0.6 is 27.3 Å². The van der Waals surface area contributed by atoms with Gasteiger partial charge in [-0.1, -0.05) is 25.7 Å². The van der Waals surface area contributed by atoms with Crippen LogP contribution in [0.1, 0.15) is 43.4 Å². The third-order valence-corrected chi connectivity index (χ3v) is 7.17. The summed E-state index contributed by atoms with van der Waals surface area (Å²) in [4.78, 5) is 1.19. The fourth-order valence-electron chi connectivity index (χ4n) is 2.36. The van der Waals surface area contributed by atoms with Gasteiger partial charge in [-0.2, -0.15) is 0 Å². The average Bonchev–Trinajstić information content (AvgIpc) is 2.57. The molecule has 1 saturated carbocycles. The molecule has 0 bridgehead atoms. The van der Waals surface area contributed by atoms with Gasteiger partial charge in [-0.3, -0.25) is 0 Å². The van der Waals surface area contributed by atoms with Gasteiger partial charge in [-0.15, -0.1) is 11.3 Å². The quantitative estimate of drug-likeness (QED) is 0.804. The van der Waals surface area contributed by atoms with Crippen molar-refractivity contribution in [1.82, 2.24) is 4.72 Å². The van der Waals surface area contributed by atoms with E-state index in [-0.39, 0.29) is 6.04 Å². The van der Waals surface area contributed by atoms with Crippen LogP contribution in [-0.2, 0) is 16.6 Å². The zero-order valence-electron chi connectivity index (χ0n) is 10.7. The minimum Gasteiger partial charge on any atom is -0.326 e. The van der Waals surface area contributed by atoms with Gasteiger partial charge in [0.2, 0.25) is 10.0 Å². The molecule has 0 aromatic carbocycles. The molecule has 0 unspecified atom stereocenters. The largest absolute Gasteiger partial charge is 0.326 e. The summed E-state index contributed by atoms with van der Waals surface area (Å²) >= 11 is 4.70. The molecule has 1 aliphatic carbocycles. The maximum Gasteiger partial charge on any atom is 0.242 e. The Labute approximate surface area is 127 Å². The summed E-state index contributed by atoms with van der Waals surface area (Å²) in [6, 6.07) is 1.73. The van der Waals surface area contributed by atoms with E-state index in [9.17, 15) is 8.42 Å². The molecule has 7 heteroatoms. The number of hydrogen-bond donors (Lipinski definition) is 2. The Balaban J connectivity index is 2.14. The Morgan fingerprint density at radius 3 is 2.47 bits per heavy atom. The lowest BCUT2D eigenvalue weighted by Gasteiger charge is -2.15. The number of hydrogen-bond acceptors (Lipinski definition) is 4. The SMILES string of the molecule is NCc1cc(S(=O)(=O)NC2CCCCCC2)c(Br)s1. The van der Waals surface area contributed by atoms with Gasteiger partial charge in [-0.05, 0) is 34.8 Å². The molecule has 19 heavy (non-hydrogen) atoms. The average molecular weight is 367 g/mol. The highest BCUT2D eigenvalue weighted by molar-refractivity contribution is 9.11. The second-order valence-corrected chi connectivity index (χ2v) is 9.00. The van der Waals surface area contributed by atoms with Crippen molar-refractivity contribution in [2.45, 2.75) is 56.0 Å². The number of nitrogens with two attached hydrogens (primary N) is 1. The Hall–Kier alpha value is 0.0500. The summed E-state index contributed by atoms with van der Waals surface area (Å²) in [5, 5.41) is 0. The van der Waals surface area contributed by atoms with E-state index in [1.54, 1.807) is 6.07 Å². The Morgan fingerprint density at radius 1 is 1.32 bits per heavy atom. The molecule has 0 amide bonds. The van der Waals surface area contributed by atoms with Crippen LogP contribution in [0.15, 0.2) is 14.7 Å². The molecule has 0 atom stereocenters. The molecule has 4 nitrogen and oxygen atoms in total. The Morgan fingerprint density at radius 2 is 1.95 bits per heavy atom. The predicted octanol–water partition coefficient (Wildman–Crippen LogP) is 2.97. The first-order valence-electron chi connectivity index (χ1n) is 6.53. The molecule has 0 radical (unpaired) electrons. The van der Waals surface area contributed by atoms with E-state index >= 15 is 0 Å². The minimum absolute atomic E-state index is 0.0700. The van der Waals surface area contributed by atoms with Gasteiger partial charge in [0.1, 0.15) is 4.90 Å². The minimum atomic E-state index is -3.44. The van der Waals surface area contributed by atoms with E-state index in [1.807, 2.05) is 0 Å². The van der Waals surface area contributed by atoms with Crippen LogP contribution in [0, 0.1) is 0 Å². The summed E-state index contributed by atoms with van der Waals surface area (Å²) in [5.41, 5.74) is 5.55. The van der Waals surface area contributed by atoms with Gasteiger partial charge in [-0.25, -0.2) is 13.1 Å². The molecule has 1 aromatic rings. The lowest BCUT2D eigenvalue weighted by Crippen LogP contribution is -2.34. The number of thiophene rings is 1. The molecular weight excluding hydrogens is 348 g/mol. The summed E-state index contributed by atoms with van der Waals surface area (Å²) in [6.45, 7) is 0.363. The number of nitrogens with one attached hydrogen (secondary N) is 1. The number of halogens is 1. The standard InChI is InChI=1S/C12H19BrN2O2S2/c13-12-11(7-10(8-14)18-12)19(16,17)15-9-5-3-1-2-4-6-9/h7,9,15H,1-6,8,14H2. The Kier molecular flexibility index (Phi) is 5.42. The van der Waals surface area contributed by atoms with Crippen LogP contribution in [0.4, 0.5) is 0 Å². The van der Waals surface area contributed by atoms with Crippen LogP contribution in [0.25, 0.3) is 0 Å². The molecule has 1 fully saturated rings. The van der Waals surface area contributed by atoms with Crippen LogP contribution in [0.5, 0.6) is 0 Å². The number of rotatable bonds is 4. The third kappa shape index (κ3) is 4.01. The van der Waals surface area contributed by atoms with Crippen molar-refractivity contribution in [3.8, 4) is 0 Å². The van der Waals surface area contributed by atoms with E-state index in [2.05, 4.69) is 20.7 Å². The maximum absolute atomic E-state index is 12.4. The molecule has 1 heterocycles. The Bertz CT molecular complexity index is 520. The van der Waals surface area contributed by atoms with Crippen molar-refractivity contribution >= 4 is 37.3 Å². The molecule has 3 N–H and O–H groups in total.